The number of para-hydroxylation sites is 1. The normalized spacial score (nSPS) is 9.19. The van der Waals surface area contributed by atoms with Gasteiger partial charge in [-0.15, -0.1) is 11.8 Å². The van der Waals surface area contributed by atoms with Crippen molar-refractivity contribution in [1.82, 2.24) is 19.9 Å². The van der Waals surface area contributed by atoms with Crippen molar-refractivity contribution < 1.29 is 69.8 Å². The van der Waals surface area contributed by atoms with Crippen LogP contribution >= 0.6 is 0 Å². The molecule has 0 unspecified atom stereocenters. The zero-order valence-electron chi connectivity index (χ0n) is 23.1. The first-order valence-corrected chi connectivity index (χ1v) is 11.5. The molecule has 0 saturated heterocycles. The van der Waals surface area contributed by atoms with E-state index in [9.17, 15) is 0 Å². The minimum Gasteiger partial charge on any atom is -0.551 e. The Kier molecular flexibility index (Phi) is 17.7. The molecule has 0 atom stereocenters. The van der Waals surface area contributed by atoms with Crippen molar-refractivity contribution in [2.75, 3.05) is 0 Å². The summed E-state index contributed by atoms with van der Waals surface area (Å²) < 4.78 is 4.92. The average Bonchev–Trinajstić information content (AvgIpc) is 3.19. The predicted octanol–water partition coefficient (Wildman–Crippen LogP) is 7.14. The van der Waals surface area contributed by atoms with Crippen molar-refractivity contribution in [2.24, 2.45) is 0 Å². The van der Waals surface area contributed by atoms with Crippen LogP contribution < -0.4 is 0 Å². The van der Waals surface area contributed by atoms with E-state index in [2.05, 4.69) is 70.4 Å². The van der Waals surface area contributed by atoms with Crippen LogP contribution in [0.25, 0.3) is 10.9 Å². The molecule has 0 aliphatic heterocycles. The Morgan fingerprint density at radius 1 is 0.676 bits per heavy atom. The second-order valence-electron chi connectivity index (χ2n) is 8.35. The molecule has 5 aromatic rings. The van der Waals surface area contributed by atoms with Gasteiger partial charge in [0.05, 0.1) is 5.52 Å². The minimum atomic E-state index is 0. The summed E-state index contributed by atoms with van der Waals surface area (Å²) in [5, 5.41) is 1.25. The van der Waals surface area contributed by atoms with Gasteiger partial charge in [-0.1, -0.05) is 50.9 Å². The van der Waals surface area contributed by atoms with Crippen molar-refractivity contribution in [3.8, 4) is 0 Å². The summed E-state index contributed by atoms with van der Waals surface area (Å²) in [6.07, 6.45) is 7.33. The van der Waals surface area contributed by atoms with Crippen LogP contribution in [-0.2, 0) is 65.4 Å². The first kappa shape index (κ1) is 35.3. The van der Waals surface area contributed by atoms with Gasteiger partial charge in [-0.3, -0.25) is 9.97 Å². The van der Waals surface area contributed by atoms with Crippen molar-refractivity contribution in [3.63, 3.8) is 0 Å². The maximum atomic E-state index is 4.92. The largest absolute Gasteiger partial charge is 0.551 e. The van der Waals surface area contributed by atoms with E-state index in [0.29, 0.717) is 5.89 Å². The minimum absolute atomic E-state index is 0. The van der Waals surface area contributed by atoms with Gasteiger partial charge in [0.15, 0.2) is 0 Å². The standard InChI is InChI=1S/C11H11N.C7H9N.C7H8N.C5H6NO.2Y/c1-8-7-9(2)12-11-6-4-3-5-10(8)11;1-6-3-4-8-7(2)5-6;1-6-3-4-7(2)8-5-6;1-4-3-6-5(2)7-4;;/h3-7H,1-2H3;3-5H,1-2H3;3-4H,1-2H3;1-2H3;;/q;;2*-1;;. The molecule has 0 bridgehead atoms. The van der Waals surface area contributed by atoms with Gasteiger partial charge in [0.25, 0.3) is 0 Å². The second kappa shape index (κ2) is 18.6. The third-order valence-corrected chi connectivity index (χ3v) is 4.76. The van der Waals surface area contributed by atoms with E-state index >= 15 is 0 Å². The molecule has 0 amide bonds. The zero-order valence-corrected chi connectivity index (χ0v) is 28.8. The van der Waals surface area contributed by atoms with Gasteiger partial charge in [0.2, 0.25) is 0 Å². The van der Waals surface area contributed by atoms with Crippen molar-refractivity contribution in [3.05, 3.63) is 119 Å². The van der Waals surface area contributed by atoms with Crippen molar-refractivity contribution in [1.29, 1.82) is 0 Å². The number of pyridine rings is 3. The number of aryl methyl sites for hydroxylation is 8. The first-order valence-electron chi connectivity index (χ1n) is 11.5. The molecular weight excluding hydrogens is 610 g/mol. The summed E-state index contributed by atoms with van der Waals surface area (Å²) in [4.78, 5) is 16.2. The molecule has 0 spiro atoms. The average molecular weight is 644 g/mol. The van der Waals surface area contributed by atoms with E-state index in [-0.39, 0.29) is 65.4 Å². The number of hydrogen-bond donors (Lipinski definition) is 0. The molecule has 4 aromatic heterocycles. The van der Waals surface area contributed by atoms with E-state index < -0.39 is 0 Å². The topological polar surface area (TPSA) is 64.7 Å². The Morgan fingerprint density at radius 2 is 1.38 bits per heavy atom. The summed E-state index contributed by atoms with van der Waals surface area (Å²) in [6.45, 7) is 15.8. The smallest absolute Gasteiger partial charge is 0.0707 e. The number of fused-ring (bicyclic) bond motifs is 1. The van der Waals surface area contributed by atoms with Gasteiger partial charge in [-0.05, 0) is 70.0 Å². The number of aromatic nitrogens is 4. The number of hydrogen-bond acceptors (Lipinski definition) is 5. The fourth-order valence-electron chi connectivity index (χ4n) is 3.13. The van der Waals surface area contributed by atoms with Gasteiger partial charge in [-0.2, -0.15) is 12.1 Å². The van der Waals surface area contributed by atoms with Crippen LogP contribution in [0.3, 0.4) is 0 Å². The van der Waals surface area contributed by atoms with Gasteiger partial charge in [0, 0.05) is 100 Å². The van der Waals surface area contributed by atoms with Crippen LogP contribution in [0.5, 0.6) is 0 Å². The van der Waals surface area contributed by atoms with Crippen LogP contribution in [0.2, 0.25) is 0 Å². The van der Waals surface area contributed by atoms with Crippen molar-refractivity contribution >= 4 is 10.9 Å². The molecule has 37 heavy (non-hydrogen) atoms. The Hall–Kier alpha value is -1.65. The summed E-state index contributed by atoms with van der Waals surface area (Å²) in [6, 6.07) is 18.4. The summed E-state index contributed by atoms with van der Waals surface area (Å²) >= 11 is 0. The second-order valence-corrected chi connectivity index (χ2v) is 8.35. The number of oxazole rings is 1. The monoisotopic (exact) mass is 644 g/mol. The molecule has 7 heteroatoms. The maximum absolute atomic E-state index is 4.92. The van der Waals surface area contributed by atoms with Gasteiger partial charge < -0.3 is 14.4 Å². The van der Waals surface area contributed by atoms with E-state index in [4.69, 9.17) is 4.42 Å². The van der Waals surface area contributed by atoms with Crippen LogP contribution in [0.4, 0.5) is 0 Å². The Morgan fingerprint density at radius 3 is 1.84 bits per heavy atom. The fraction of sp³-hybridized carbons (Fsp3) is 0.267. The fourth-order valence-corrected chi connectivity index (χ4v) is 3.13. The van der Waals surface area contributed by atoms with Gasteiger partial charge >= 0.3 is 0 Å². The molecule has 1 aromatic carbocycles. The summed E-state index contributed by atoms with van der Waals surface area (Å²) in [5.41, 5.74) is 7.97. The molecule has 4 heterocycles. The summed E-state index contributed by atoms with van der Waals surface area (Å²) in [7, 11) is 0. The molecule has 5 rings (SSSR count). The molecular formula is C30H34N4OY2-2. The quantitative estimate of drug-likeness (QED) is 0.168. The van der Waals surface area contributed by atoms with Gasteiger partial charge in [-0.25, -0.2) is 0 Å². The van der Waals surface area contributed by atoms with E-state index in [1.807, 2.05) is 71.1 Å². The van der Waals surface area contributed by atoms with Crippen molar-refractivity contribution in [2.45, 2.75) is 55.4 Å². The Labute approximate surface area is 272 Å². The van der Waals surface area contributed by atoms with E-state index in [0.717, 1.165) is 33.9 Å². The Bertz CT molecular complexity index is 1280. The molecule has 0 aliphatic carbocycles. The molecule has 5 nitrogen and oxygen atoms in total. The molecule has 0 saturated carbocycles. The van der Waals surface area contributed by atoms with Crippen LogP contribution in [0.15, 0.2) is 65.2 Å². The number of nitrogens with zero attached hydrogens (tertiary/aromatic N) is 4. The zero-order chi connectivity index (χ0) is 25.8. The number of benzene rings is 1. The molecule has 188 valence electrons. The molecule has 0 N–H and O–H groups in total. The Balaban J connectivity index is 0.000000470. The van der Waals surface area contributed by atoms with E-state index in [1.54, 1.807) is 6.92 Å². The first-order chi connectivity index (χ1) is 16.6. The van der Waals surface area contributed by atoms with Crippen LogP contribution in [-0.4, -0.2) is 19.9 Å². The molecule has 0 fully saturated rings. The third kappa shape index (κ3) is 14.2. The predicted molar refractivity (Wildman–Crippen MR) is 142 cm³/mol. The third-order valence-electron chi connectivity index (χ3n) is 4.76. The van der Waals surface area contributed by atoms with Gasteiger partial charge in [0.1, 0.15) is 0 Å². The maximum Gasteiger partial charge on any atom is 0.0707 e. The molecule has 2 radical (unpaired) electrons. The SMILES string of the molecule is Cc1[c-]nc(C)cc1.Cc1[c-]nc(C)o1.Cc1cc(C)c2ccccc2n1.Cc1ccnc(C)c1.[Y].[Y]. The molecule has 0 aliphatic rings. The van der Waals surface area contributed by atoms with E-state index in [1.165, 1.54) is 16.5 Å². The van der Waals surface area contributed by atoms with Crippen LogP contribution in [0.1, 0.15) is 45.4 Å². The summed E-state index contributed by atoms with van der Waals surface area (Å²) in [5.74, 6) is 1.43. The van der Waals surface area contributed by atoms with Crippen LogP contribution in [0, 0.1) is 67.8 Å². The number of rotatable bonds is 0.